The summed E-state index contributed by atoms with van der Waals surface area (Å²) in [7, 11) is 0. The molecule has 0 radical (unpaired) electrons. The summed E-state index contributed by atoms with van der Waals surface area (Å²) in [4.78, 5) is 8.89. The van der Waals surface area contributed by atoms with Crippen LogP contribution in [0.2, 0.25) is 0 Å². The van der Waals surface area contributed by atoms with Crippen molar-refractivity contribution < 1.29 is 9.78 Å². The van der Waals surface area contributed by atoms with Crippen LogP contribution in [-0.4, -0.2) is 13.2 Å². The van der Waals surface area contributed by atoms with Gasteiger partial charge in [-0.1, -0.05) is 0 Å². The molecule has 0 aromatic carbocycles. The van der Waals surface area contributed by atoms with Crippen LogP contribution < -0.4 is 11.7 Å². The Balaban J connectivity index is 0.000000162. The van der Waals surface area contributed by atoms with E-state index in [9.17, 15) is 0 Å². The van der Waals surface area contributed by atoms with E-state index >= 15 is 0 Å². The normalized spacial score (nSPS) is 18.0. The highest BCUT2D eigenvalue weighted by atomic mass is 17.2. The highest BCUT2D eigenvalue weighted by Gasteiger charge is 1.95. The molecule has 44 valence electrons. The molecule has 4 heteroatoms. The first-order valence-electron chi connectivity index (χ1n) is 2.08. The lowest BCUT2D eigenvalue weighted by Crippen LogP contribution is -2.02. The molecule has 1 saturated heterocycles. The van der Waals surface area contributed by atoms with Gasteiger partial charge in [0.1, 0.15) is 0 Å². The fourth-order valence-electron chi connectivity index (χ4n) is 0.295. The zero-order chi connectivity index (χ0) is 5.54. The number of hydrazine groups is 1. The van der Waals surface area contributed by atoms with Gasteiger partial charge in [0.2, 0.25) is 0 Å². The highest BCUT2D eigenvalue weighted by Crippen LogP contribution is 1.93. The van der Waals surface area contributed by atoms with Crippen molar-refractivity contribution in [2.24, 2.45) is 11.7 Å². The van der Waals surface area contributed by atoms with Crippen molar-refractivity contribution in [3.63, 3.8) is 0 Å². The third-order valence-corrected chi connectivity index (χ3v) is 0.539. The third kappa shape index (κ3) is 3.68. The van der Waals surface area contributed by atoms with Crippen LogP contribution in [0.3, 0.4) is 0 Å². The molecule has 1 rings (SSSR count). The number of nitrogens with two attached hydrogens (primary N) is 2. The Morgan fingerprint density at radius 3 is 1.57 bits per heavy atom. The molecule has 0 bridgehead atoms. The summed E-state index contributed by atoms with van der Waals surface area (Å²) in [6.07, 6.45) is 1.06. The maximum atomic E-state index is 4.44. The SMILES string of the molecule is C1COOC1.NN. The molecule has 4 N–H and O–H groups in total. The Morgan fingerprint density at radius 1 is 1.00 bits per heavy atom. The minimum absolute atomic E-state index is 0.778. The fourth-order valence-corrected chi connectivity index (χ4v) is 0.295. The van der Waals surface area contributed by atoms with Crippen LogP contribution in [0, 0.1) is 0 Å². The van der Waals surface area contributed by atoms with Crippen molar-refractivity contribution in [3.05, 3.63) is 0 Å². The van der Waals surface area contributed by atoms with E-state index in [0.29, 0.717) is 0 Å². The predicted octanol–water partition coefficient (Wildman–Crippen LogP) is -0.843. The lowest BCUT2D eigenvalue weighted by molar-refractivity contribution is -0.248. The predicted molar refractivity (Wildman–Crippen MR) is 24.9 cm³/mol. The van der Waals surface area contributed by atoms with Gasteiger partial charge in [0.05, 0.1) is 13.2 Å². The van der Waals surface area contributed by atoms with Gasteiger partial charge in [0, 0.05) is 6.42 Å². The molecule has 0 aromatic rings. The number of hydrogen-bond acceptors (Lipinski definition) is 4. The largest absolute Gasteiger partial charge is 0.274 e. The third-order valence-electron chi connectivity index (χ3n) is 0.539. The van der Waals surface area contributed by atoms with E-state index in [1.54, 1.807) is 0 Å². The van der Waals surface area contributed by atoms with Crippen molar-refractivity contribution in [2.75, 3.05) is 13.2 Å². The smallest absolute Gasteiger partial charge is 0.0845 e. The molecule has 7 heavy (non-hydrogen) atoms. The van der Waals surface area contributed by atoms with E-state index in [4.69, 9.17) is 0 Å². The zero-order valence-corrected chi connectivity index (χ0v) is 4.09. The lowest BCUT2D eigenvalue weighted by atomic mass is 10.5. The van der Waals surface area contributed by atoms with Crippen LogP contribution in [0.5, 0.6) is 0 Å². The summed E-state index contributed by atoms with van der Waals surface area (Å²) >= 11 is 0. The molecule has 4 nitrogen and oxygen atoms in total. The van der Waals surface area contributed by atoms with E-state index in [-0.39, 0.29) is 0 Å². The van der Waals surface area contributed by atoms with Gasteiger partial charge in [0.25, 0.3) is 0 Å². The van der Waals surface area contributed by atoms with Crippen molar-refractivity contribution in [1.29, 1.82) is 0 Å². The molecular weight excluding hydrogens is 96.0 g/mol. The van der Waals surface area contributed by atoms with Gasteiger partial charge in [-0.05, 0) is 0 Å². The Hall–Kier alpha value is -0.160. The summed E-state index contributed by atoms with van der Waals surface area (Å²) in [5, 5.41) is 0. The Labute approximate surface area is 42.3 Å². The molecule has 0 amide bonds. The van der Waals surface area contributed by atoms with Gasteiger partial charge >= 0.3 is 0 Å². The molecule has 1 aliphatic rings. The minimum Gasteiger partial charge on any atom is -0.274 e. The minimum atomic E-state index is 0.778. The van der Waals surface area contributed by atoms with Gasteiger partial charge in [-0.2, -0.15) is 0 Å². The van der Waals surface area contributed by atoms with Crippen molar-refractivity contribution >= 4 is 0 Å². The van der Waals surface area contributed by atoms with Crippen LogP contribution in [0.25, 0.3) is 0 Å². The zero-order valence-electron chi connectivity index (χ0n) is 4.09. The fraction of sp³-hybridized carbons (Fsp3) is 1.00. The molecule has 0 aliphatic carbocycles. The van der Waals surface area contributed by atoms with Gasteiger partial charge in [-0.25, -0.2) is 9.78 Å². The number of rotatable bonds is 0. The molecule has 0 aromatic heterocycles. The monoisotopic (exact) mass is 106 g/mol. The van der Waals surface area contributed by atoms with Crippen LogP contribution >= 0.6 is 0 Å². The first kappa shape index (κ1) is 6.84. The summed E-state index contributed by atoms with van der Waals surface area (Å²) in [5.41, 5.74) is 0. The average Bonchev–Trinajstić information content (AvgIpc) is 2.23. The Morgan fingerprint density at radius 2 is 1.43 bits per heavy atom. The molecule has 0 spiro atoms. The lowest BCUT2D eigenvalue weighted by Gasteiger charge is -1.77. The second-order valence-corrected chi connectivity index (χ2v) is 0.998. The summed E-state index contributed by atoms with van der Waals surface area (Å²) in [6, 6.07) is 0. The van der Waals surface area contributed by atoms with Gasteiger partial charge in [-0.15, -0.1) is 0 Å². The van der Waals surface area contributed by atoms with Gasteiger partial charge < -0.3 is 0 Å². The Kier molecular flexibility index (Phi) is 5.71. The van der Waals surface area contributed by atoms with Crippen LogP contribution in [0.15, 0.2) is 0 Å². The number of hydrogen-bond donors (Lipinski definition) is 2. The van der Waals surface area contributed by atoms with E-state index in [0.717, 1.165) is 19.6 Å². The van der Waals surface area contributed by atoms with Gasteiger partial charge in [0.15, 0.2) is 0 Å². The first-order chi connectivity index (χ1) is 3.50. The maximum Gasteiger partial charge on any atom is 0.0845 e. The van der Waals surface area contributed by atoms with Crippen molar-refractivity contribution in [1.82, 2.24) is 0 Å². The maximum absolute atomic E-state index is 4.44. The van der Waals surface area contributed by atoms with E-state index < -0.39 is 0 Å². The second-order valence-electron chi connectivity index (χ2n) is 0.998. The highest BCUT2D eigenvalue weighted by molar-refractivity contribution is 4.31. The van der Waals surface area contributed by atoms with E-state index in [1.807, 2.05) is 0 Å². The van der Waals surface area contributed by atoms with Crippen LogP contribution in [0.1, 0.15) is 6.42 Å². The summed E-state index contributed by atoms with van der Waals surface area (Å²) in [6.45, 7) is 1.56. The second kappa shape index (κ2) is 5.84. The molecule has 1 fully saturated rings. The van der Waals surface area contributed by atoms with E-state index in [2.05, 4.69) is 21.5 Å². The van der Waals surface area contributed by atoms with Gasteiger partial charge in [-0.3, -0.25) is 11.7 Å². The topological polar surface area (TPSA) is 70.5 Å². The summed E-state index contributed by atoms with van der Waals surface area (Å²) < 4.78 is 0. The molecule has 1 aliphatic heterocycles. The van der Waals surface area contributed by atoms with Crippen LogP contribution in [-0.2, 0) is 9.78 Å². The van der Waals surface area contributed by atoms with Crippen molar-refractivity contribution in [3.8, 4) is 0 Å². The standard InChI is InChI=1S/C3H6O2.H4N2/c1-2-4-5-3-1;1-2/h1-3H2;1-2H2. The molecular formula is C3H10N2O2. The molecule has 1 heterocycles. The van der Waals surface area contributed by atoms with Crippen LogP contribution in [0.4, 0.5) is 0 Å². The van der Waals surface area contributed by atoms with Crippen molar-refractivity contribution in [2.45, 2.75) is 6.42 Å². The Bertz CT molecular complexity index is 22.5. The average molecular weight is 106 g/mol. The summed E-state index contributed by atoms with van der Waals surface area (Å²) in [5.74, 6) is 8.00. The van der Waals surface area contributed by atoms with E-state index in [1.165, 1.54) is 0 Å². The quantitative estimate of drug-likeness (QED) is 0.240. The first-order valence-corrected chi connectivity index (χ1v) is 2.08. The molecule has 0 unspecified atom stereocenters. The molecule has 0 saturated carbocycles. The molecule has 0 atom stereocenters.